The molecule has 0 unspecified atom stereocenters. The first kappa shape index (κ1) is 23.9. The summed E-state index contributed by atoms with van der Waals surface area (Å²) < 4.78 is 7.71. The van der Waals surface area contributed by atoms with Crippen LogP contribution in [0.15, 0.2) is 71.9 Å². The number of carbonyl (C=O) groups excluding carboxylic acids is 1. The van der Waals surface area contributed by atoms with Gasteiger partial charge in [-0.05, 0) is 49.7 Å². The van der Waals surface area contributed by atoms with Crippen LogP contribution < -0.4 is 16.0 Å². The third kappa shape index (κ3) is 5.53. The molecule has 1 aliphatic heterocycles. The molecule has 1 saturated heterocycles. The van der Waals surface area contributed by atoms with Crippen molar-refractivity contribution in [3.8, 4) is 27.6 Å². The van der Waals surface area contributed by atoms with E-state index >= 15 is 0 Å². The molecule has 3 aromatic heterocycles. The number of ether oxygens (including phenoxy) is 1. The topological polar surface area (TPSA) is 103 Å². The van der Waals surface area contributed by atoms with Crippen LogP contribution in [0.4, 0.5) is 0 Å². The highest BCUT2D eigenvalue weighted by atomic mass is 32.1. The Labute approximate surface area is 213 Å². The number of carbonyl (C=O) groups is 1. The number of likely N-dealkylation sites (tertiary alicyclic amines) is 1. The van der Waals surface area contributed by atoms with Crippen LogP contribution in [0.3, 0.4) is 0 Å². The maximum atomic E-state index is 12.5. The average Bonchev–Trinajstić information content (AvgIpc) is 3.38. The highest BCUT2D eigenvalue weighted by Crippen LogP contribution is 2.27. The van der Waals surface area contributed by atoms with E-state index in [1.54, 1.807) is 35.3 Å². The van der Waals surface area contributed by atoms with Gasteiger partial charge in [-0.3, -0.25) is 9.59 Å². The molecular formula is C27H27N5O3S. The third-order valence-electron chi connectivity index (χ3n) is 6.25. The van der Waals surface area contributed by atoms with Crippen LogP contribution in [0.2, 0.25) is 0 Å². The van der Waals surface area contributed by atoms with Crippen molar-refractivity contribution in [2.24, 2.45) is 5.73 Å². The first-order valence-electron chi connectivity index (χ1n) is 11.8. The lowest BCUT2D eigenvalue weighted by molar-refractivity contribution is 0.100. The molecule has 184 valence electrons. The Morgan fingerprint density at radius 3 is 2.58 bits per heavy atom. The number of nitrogens with two attached hydrogens (primary N) is 1. The van der Waals surface area contributed by atoms with Gasteiger partial charge < -0.3 is 19.9 Å². The number of hydrogen-bond acceptors (Lipinski definition) is 7. The van der Waals surface area contributed by atoms with E-state index in [-0.39, 0.29) is 11.7 Å². The summed E-state index contributed by atoms with van der Waals surface area (Å²) in [6.07, 6.45) is 7.45. The molecule has 0 spiro atoms. The Kier molecular flexibility index (Phi) is 6.92. The molecule has 0 atom stereocenters. The molecular weight excluding hydrogens is 474 g/mol. The number of thiophene rings is 1. The molecule has 2 N–H and O–H groups in total. The van der Waals surface area contributed by atoms with Crippen LogP contribution in [-0.4, -0.2) is 51.6 Å². The van der Waals surface area contributed by atoms with Gasteiger partial charge in [-0.15, -0.1) is 11.3 Å². The molecule has 36 heavy (non-hydrogen) atoms. The van der Waals surface area contributed by atoms with E-state index in [4.69, 9.17) is 10.5 Å². The number of nitrogens with zero attached hydrogens (tertiary/aromatic N) is 4. The summed E-state index contributed by atoms with van der Waals surface area (Å²) >= 11 is 1.31. The Hall–Kier alpha value is -3.82. The zero-order valence-corrected chi connectivity index (χ0v) is 20.8. The third-order valence-corrected chi connectivity index (χ3v) is 7.40. The van der Waals surface area contributed by atoms with Crippen molar-refractivity contribution in [2.45, 2.75) is 25.5 Å². The number of rotatable bonds is 7. The summed E-state index contributed by atoms with van der Waals surface area (Å²) in [4.78, 5) is 36.7. The number of primary amides is 1. The zero-order chi connectivity index (χ0) is 25.1. The standard InChI is InChI=1S/C27H27N5O3S/c1-31-11-9-21(10-12-31)35-22-14-29-27(30-15-22)19-4-2-3-18(13-19)16-32-17-20(5-8-25(32)33)23-6-7-24(36-23)26(28)34/h2-8,13-15,17,21H,9-12,16H2,1H3,(H2,28,34). The van der Waals surface area contributed by atoms with Gasteiger partial charge in [0.05, 0.1) is 23.8 Å². The smallest absolute Gasteiger partial charge is 0.258 e. The van der Waals surface area contributed by atoms with Crippen LogP contribution in [0.25, 0.3) is 21.8 Å². The lowest BCUT2D eigenvalue weighted by Gasteiger charge is -2.29. The molecule has 5 rings (SSSR count). The fourth-order valence-corrected chi connectivity index (χ4v) is 5.10. The number of aromatic nitrogens is 3. The van der Waals surface area contributed by atoms with Gasteiger partial charge >= 0.3 is 0 Å². The Morgan fingerprint density at radius 1 is 1.08 bits per heavy atom. The maximum absolute atomic E-state index is 12.5. The van der Waals surface area contributed by atoms with Gasteiger partial charge in [-0.2, -0.15) is 0 Å². The van der Waals surface area contributed by atoms with Crippen LogP contribution in [-0.2, 0) is 6.54 Å². The highest BCUT2D eigenvalue weighted by Gasteiger charge is 2.18. The largest absolute Gasteiger partial charge is 0.487 e. The molecule has 0 radical (unpaired) electrons. The molecule has 1 fully saturated rings. The molecule has 8 nitrogen and oxygen atoms in total. The van der Waals surface area contributed by atoms with Crippen molar-refractivity contribution in [2.75, 3.05) is 20.1 Å². The summed E-state index contributed by atoms with van der Waals surface area (Å²) in [5.74, 6) is 0.826. The van der Waals surface area contributed by atoms with Crippen molar-refractivity contribution in [1.29, 1.82) is 0 Å². The molecule has 4 heterocycles. The van der Waals surface area contributed by atoms with Gasteiger partial charge in [0.2, 0.25) is 0 Å². The van der Waals surface area contributed by atoms with Crippen LogP contribution >= 0.6 is 11.3 Å². The second kappa shape index (κ2) is 10.4. The molecule has 1 aromatic carbocycles. The van der Waals surface area contributed by atoms with E-state index in [9.17, 15) is 9.59 Å². The number of amides is 1. The summed E-state index contributed by atoms with van der Waals surface area (Å²) in [6, 6.07) is 14.7. The monoisotopic (exact) mass is 501 g/mol. The molecule has 0 saturated carbocycles. The number of benzene rings is 1. The minimum absolute atomic E-state index is 0.109. The normalized spacial score (nSPS) is 14.6. The molecule has 9 heteroatoms. The van der Waals surface area contributed by atoms with Gasteiger partial charge in [0, 0.05) is 41.4 Å². The van der Waals surface area contributed by atoms with E-state index < -0.39 is 5.91 Å². The van der Waals surface area contributed by atoms with Crippen molar-refractivity contribution in [1.82, 2.24) is 19.4 Å². The first-order valence-corrected chi connectivity index (χ1v) is 12.6. The van der Waals surface area contributed by atoms with Crippen molar-refractivity contribution >= 4 is 17.2 Å². The lowest BCUT2D eigenvalue weighted by atomic mass is 10.1. The minimum Gasteiger partial charge on any atom is -0.487 e. The number of pyridine rings is 1. The van der Waals surface area contributed by atoms with E-state index in [0.717, 1.165) is 47.5 Å². The van der Waals surface area contributed by atoms with Crippen molar-refractivity contribution in [3.63, 3.8) is 0 Å². The lowest BCUT2D eigenvalue weighted by Crippen LogP contribution is -2.35. The summed E-state index contributed by atoms with van der Waals surface area (Å²) in [5, 5.41) is 0. The molecule has 0 bridgehead atoms. The minimum atomic E-state index is -0.458. The van der Waals surface area contributed by atoms with E-state index in [1.807, 2.05) is 30.3 Å². The van der Waals surface area contributed by atoms with E-state index in [2.05, 4.69) is 21.9 Å². The van der Waals surface area contributed by atoms with Gasteiger partial charge in [0.1, 0.15) is 6.10 Å². The molecule has 1 amide bonds. The van der Waals surface area contributed by atoms with Crippen LogP contribution in [0.5, 0.6) is 5.75 Å². The molecule has 0 aliphatic carbocycles. The van der Waals surface area contributed by atoms with Crippen molar-refractivity contribution < 1.29 is 9.53 Å². The van der Waals surface area contributed by atoms with Crippen LogP contribution in [0, 0.1) is 0 Å². The van der Waals surface area contributed by atoms with Gasteiger partial charge in [0.25, 0.3) is 11.5 Å². The second-order valence-corrected chi connectivity index (χ2v) is 10.1. The number of hydrogen-bond donors (Lipinski definition) is 1. The predicted octanol–water partition coefficient (Wildman–Crippen LogP) is 3.65. The fourth-order valence-electron chi connectivity index (χ4n) is 4.25. The first-order chi connectivity index (χ1) is 17.4. The quantitative estimate of drug-likeness (QED) is 0.415. The maximum Gasteiger partial charge on any atom is 0.258 e. The predicted molar refractivity (Wildman–Crippen MR) is 140 cm³/mol. The molecule has 4 aromatic rings. The highest BCUT2D eigenvalue weighted by molar-refractivity contribution is 7.17. The zero-order valence-electron chi connectivity index (χ0n) is 20.0. The van der Waals surface area contributed by atoms with Crippen LogP contribution in [0.1, 0.15) is 28.1 Å². The van der Waals surface area contributed by atoms with Crippen molar-refractivity contribution in [3.05, 3.63) is 87.9 Å². The summed E-state index contributed by atoms with van der Waals surface area (Å²) in [6.45, 7) is 2.46. The Balaban J connectivity index is 1.31. The van der Waals surface area contributed by atoms with E-state index in [0.29, 0.717) is 23.0 Å². The molecule has 1 aliphatic rings. The van der Waals surface area contributed by atoms with Gasteiger partial charge in [0.15, 0.2) is 11.6 Å². The fraction of sp³-hybridized carbons (Fsp3) is 0.259. The van der Waals surface area contributed by atoms with Gasteiger partial charge in [-0.1, -0.05) is 18.2 Å². The summed E-state index contributed by atoms with van der Waals surface area (Å²) in [5.41, 5.74) is 7.94. The summed E-state index contributed by atoms with van der Waals surface area (Å²) in [7, 11) is 2.13. The Morgan fingerprint density at radius 2 is 1.86 bits per heavy atom. The number of piperidine rings is 1. The van der Waals surface area contributed by atoms with Gasteiger partial charge in [-0.25, -0.2) is 9.97 Å². The Bertz CT molecular complexity index is 1420. The average molecular weight is 502 g/mol. The SMILES string of the molecule is CN1CCC(Oc2cnc(-c3cccc(Cn4cc(-c5ccc(C(N)=O)s5)ccc4=O)c3)nc2)CC1. The van der Waals surface area contributed by atoms with E-state index in [1.165, 1.54) is 17.4 Å². The second-order valence-electron chi connectivity index (χ2n) is 8.98.